The number of aromatic nitrogens is 2. The summed E-state index contributed by atoms with van der Waals surface area (Å²) in [5.41, 5.74) is -0.366. The van der Waals surface area contributed by atoms with E-state index in [1.165, 1.54) is 18.2 Å². The van der Waals surface area contributed by atoms with Crippen molar-refractivity contribution >= 4 is 5.95 Å². The Balaban J connectivity index is 2.49. The summed E-state index contributed by atoms with van der Waals surface area (Å²) in [6.07, 6.45) is -3.98. The summed E-state index contributed by atoms with van der Waals surface area (Å²) in [6.45, 7) is 2.28. The van der Waals surface area contributed by atoms with Crippen LogP contribution in [0.4, 0.5) is 23.5 Å². The topological polar surface area (TPSA) is 47.0 Å². The highest BCUT2D eigenvalue weighted by molar-refractivity contribution is 5.68. The second kappa shape index (κ2) is 5.94. The Labute approximate surface area is 117 Å². The zero-order valence-corrected chi connectivity index (χ0v) is 10.9. The number of hydrogen-bond donors (Lipinski definition) is 1. The Morgan fingerprint density at radius 2 is 1.95 bits per heavy atom. The van der Waals surface area contributed by atoms with Crippen molar-refractivity contribution in [2.75, 3.05) is 11.9 Å². The van der Waals surface area contributed by atoms with E-state index in [-0.39, 0.29) is 17.2 Å². The summed E-state index contributed by atoms with van der Waals surface area (Å²) < 4.78 is 54.8. The second-order valence-electron chi connectivity index (χ2n) is 3.96. The minimum absolute atomic E-state index is 0.103. The molecule has 1 N–H and O–H groups in total. The summed E-state index contributed by atoms with van der Waals surface area (Å²) in [5.74, 6) is -1.24. The standard InChI is InChI=1S/C13H11F4N3O/c1-2-18-12-19-7-9(14)11(20-12)8-5-3-4-6-10(8)21-13(15,16)17/h3-7H,2H2,1H3,(H,18,19,20). The molecular formula is C13H11F4N3O. The van der Waals surface area contributed by atoms with Crippen LogP contribution in [0.15, 0.2) is 30.5 Å². The largest absolute Gasteiger partial charge is 0.573 e. The van der Waals surface area contributed by atoms with E-state index in [9.17, 15) is 17.6 Å². The molecule has 21 heavy (non-hydrogen) atoms. The molecule has 0 radical (unpaired) electrons. The quantitative estimate of drug-likeness (QED) is 0.876. The fourth-order valence-electron chi connectivity index (χ4n) is 1.68. The molecule has 0 atom stereocenters. The molecule has 112 valence electrons. The number of alkyl halides is 3. The summed E-state index contributed by atoms with van der Waals surface area (Å²) >= 11 is 0. The molecule has 0 spiro atoms. The van der Waals surface area contributed by atoms with Gasteiger partial charge >= 0.3 is 6.36 Å². The van der Waals surface area contributed by atoms with Crippen LogP contribution in [0.25, 0.3) is 11.3 Å². The smallest absolute Gasteiger partial charge is 0.405 e. The number of para-hydroxylation sites is 1. The molecule has 1 aromatic carbocycles. The Bertz CT molecular complexity index is 631. The van der Waals surface area contributed by atoms with E-state index in [2.05, 4.69) is 20.0 Å². The van der Waals surface area contributed by atoms with E-state index in [1.54, 1.807) is 6.92 Å². The molecule has 0 fully saturated rings. The van der Waals surface area contributed by atoms with Gasteiger partial charge in [-0.25, -0.2) is 14.4 Å². The maximum atomic E-state index is 13.8. The minimum atomic E-state index is -4.87. The van der Waals surface area contributed by atoms with Crippen molar-refractivity contribution < 1.29 is 22.3 Å². The van der Waals surface area contributed by atoms with E-state index in [0.717, 1.165) is 12.3 Å². The van der Waals surface area contributed by atoms with E-state index in [0.29, 0.717) is 6.54 Å². The van der Waals surface area contributed by atoms with Crippen LogP contribution in [-0.2, 0) is 0 Å². The van der Waals surface area contributed by atoms with Crippen molar-refractivity contribution in [1.82, 2.24) is 9.97 Å². The number of rotatable bonds is 4. The lowest BCUT2D eigenvalue weighted by Crippen LogP contribution is -2.17. The van der Waals surface area contributed by atoms with Gasteiger partial charge in [-0.3, -0.25) is 0 Å². The molecular weight excluding hydrogens is 290 g/mol. The number of ether oxygens (including phenoxy) is 1. The second-order valence-corrected chi connectivity index (χ2v) is 3.96. The van der Waals surface area contributed by atoms with E-state index >= 15 is 0 Å². The number of nitrogens with zero attached hydrogens (tertiary/aromatic N) is 2. The first kappa shape index (κ1) is 15.0. The van der Waals surface area contributed by atoms with Crippen molar-refractivity contribution in [3.05, 3.63) is 36.3 Å². The first-order valence-corrected chi connectivity index (χ1v) is 6.02. The third kappa shape index (κ3) is 3.80. The summed E-state index contributed by atoms with van der Waals surface area (Å²) in [4.78, 5) is 7.58. The van der Waals surface area contributed by atoms with Crippen LogP contribution in [0.1, 0.15) is 6.92 Å². The van der Waals surface area contributed by atoms with Crippen molar-refractivity contribution in [3.8, 4) is 17.0 Å². The Morgan fingerprint density at radius 1 is 1.24 bits per heavy atom. The number of halogens is 4. The zero-order chi connectivity index (χ0) is 15.5. The normalized spacial score (nSPS) is 11.3. The van der Waals surface area contributed by atoms with Gasteiger partial charge in [-0.15, -0.1) is 13.2 Å². The molecule has 0 saturated carbocycles. The molecule has 8 heteroatoms. The van der Waals surface area contributed by atoms with Gasteiger partial charge in [0.2, 0.25) is 5.95 Å². The Hall–Kier alpha value is -2.38. The monoisotopic (exact) mass is 301 g/mol. The van der Waals surface area contributed by atoms with Crippen LogP contribution in [0.3, 0.4) is 0 Å². The number of nitrogens with one attached hydrogen (secondary N) is 1. The molecule has 0 unspecified atom stereocenters. The van der Waals surface area contributed by atoms with Crippen molar-refractivity contribution in [3.63, 3.8) is 0 Å². The molecule has 0 saturated heterocycles. The highest BCUT2D eigenvalue weighted by Gasteiger charge is 2.32. The first-order chi connectivity index (χ1) is 9.90. The van der Waals surface area contributed by atoms with Crippen LogP contribution >= 0.6 is 0 Å². The Kier molecular flexibility index (Phi) is 4.25. The van der Waals surface area contributed by atoms with Gasteiger partial charge < -0.3 is 10.1 Å². The number of hydrogen-bond acceptors (Lipinski definition) is 4. The zero-order valence-electron chi connectivity index (χ0n) is 10.9. The summed E-state index contributed by atoms with van der Waals surface area (Å²) in [7, 11) is 0. The fraction of sp³-hybridized carbons (Fsp3) is 0.231. The predicted molar refractivity (Wildman–Crippen MR) is 68.3 cm³/mol. The molecule has 1 heterocycles. The third-order valence-electron chi connectivity index (χ3n) is 2.45. The third-order valence-corrected chi connectivity index (χ3v) is 2.45. The van der Waals surface area contributed by atoms with Gasteiger partial charge in [0.25, 0.3) is 0 Å². The van der Waals surface area contributed by atoms with Gasteiger partial charge in [-0.2, -0.15) is 0 Å². The van der Waals surface area contributed by atoms with E-state index in [1.807, 2.05) is 0 Å². The van der Waals surface area contributed by atoms with Crippen LogP contribution in [0.5, 0.6) is 5.75 Å². The fourth-order valence-corrected chi connectivity index (χ4v) is 1.68. The number of benzene rings is 1. The van der Waals surface area contributed by atoms with Gasteiger partial charge in [0, 0.05) is 12.1 Å². The SMILES string of the molecule is CCNc1ncc(F)c(-c2ccccc2OC(F)(F)F)n1. The van der Waals surface area contributed by atoms with Crippen LogP contribution in [0.2, 0.25) is 0 Å². The highest BCUT2D eigenvalue weighted by Crippen LogP contribution is 2.34. The van der Waals surface area contributed by atoms with Gasteiger partial charge in [0.1, 0.15) is 11.4 Å². The van der Waals surface area contributed by atoms with E-state index in [4.69, 9.17) is 0 Å². The first-order valence-electron chi connectivity index (χ1n) is 6.02. The van der Waals surface area contributed by atoms with Crippen LogP contribution in [-0.4, -0.2) is 22.9 Å². The predicted octanol–water partition coefficient (Wildman–Crippen LogP) is 3.61. The molecule has 1 aromatic heterocycles. The van der Waals surface area contributed by atoms with E-state index < -0.39 is 17.9 Å². The van der Waals surface area contributed by atoms with Gasteiger partial charge in [-0.05, 0) is 19.1 Å². The molecule has 0 aliphatic rings. The van der Waals surface area contributed by atoms with Gasteiger partial charge in [0.15, 0.2) is 5.82 Å². The minimum Gasteiger partial charge on any atom is -0.405 e. The molecule has 2 aromatic rings. The van der Waals surface area contributed by atoms with Crippen molar-refractivity contribution in [1.29, 1.82) is 0 Å². The van der Waals surface area contributed by atoms with Crippen LogP contribution in [0, 0.1) is 5.82 Å². The van der Waals surface area contributed by atoms with Crippen molar-refractivity contribution in [2.45, 2.75) is 13.3 Å². The van der Waals surface area contributed by atoms with Crippen molar-refractivity contribution in [2.24, 2.45) is 0 Å². The average molecular weight is 301 g/mol. The lowest BCUT2D eigenvalue weighted by atomic mass is 10.1. The lowest BCUT2D eigenvalue weighted by Gasteiger charge is -2.13. The van der Waals surface area contributed by atoms with Gasteiger partial charge in [-0.1, -0.05) is 12.1 Å². The molecule has 2 rings (SSSR count). The molecule has 0 aliphatic carbocycles. The average Bonchev–Trinajstić information content (AvgIpc) is 2.40. The molecule has 4 nitrogen and oxygen atoms in total. The number of anilines is 1. The highest BCUT2D eigenvalue weighted by atomic mass is 19.4. The lowest BCUT2D eigenvalue weighted by molar-refractivity contribution is -0.274. The molecule has 0 amide bonds. The maximum Gasteiger partial charge on any atom is 0.573 e. The Morgan fingerprint density at radius 3 is 2.62 bits per heavy atom. The van der Waals surface area contributed by atoms with Gasteiger partial charge in [0.05, 0.1) is 6.20 Å². The summed E-state index contributed by atoms with van der Waals surface area (Å²) in [6, 6.07) is 5.21. The maximum absolute atomic E-state index is 13.8. The van der Waals surface area contributed by atoms with Crippen LogP contribution < -0.4 is 10.1 Å². The molecule has 0 aliphatic heterocycles. The summed E-state index contributed by atoms with van der Waals surface area (Å²) in [5, 5.41) is 2.76. The molecule has 0 bridgehead atoms.